The van der Waals surface area contributed by atoms with Gasteiger partial charge in [-0.2, -0.15) is 11.8 Å². The zero-order valence-electron chi connectivity index (χ0n) is 13.3. The van der Waals surface area contributed by atoms with Crippen molar-refractivity contribution in [1.82, 2.24) is 14.7 Å². The zero-order chi connectivity index (χ0) is 17.5. The van der Waals surface area contributed by atoms with E-state index in [-0.39, 0.29) is 5.56 Å². The highest BCUT2D eigenvalue weighted by Crippen LogP contribution is 2.27. The van der Waals surface area contributed by atoms with Crippen LogP contribution in [-0.4, -0.2) is 43.4 Å². The molecule has 24 heavy (non-hydrogen) atoms. The third-order valence-electron chi connectivity index (χ3n) is 4.37. The maximum absolute atomic E-state index is 12.6. The number of aromatic nitrogens is 2. The SMILES string of the molecule is Cc1sc2ncc(C(=O)NC3(C(=O)O)CCSCC3)c(=O)n2c1C. The van der Waals surface area contributed by atoms with E-state index in [4.69, 9.17) is 0 Å². The number of rotatable bonds is 3. The molecule has 0 bridgehead atoms. The summed E-state index contributed by atoms with van der Waals surface area (Å²) in [6.45, 7) is 3.67. The van der Waals surface area contributed by atoms with Crippen LogP contribution in [0.15, 0.2) is 11.0 Å². The molecule has 0 aromatic carbocycles. The molecule has 0 atom stereocenters. The van der Waals surface area contributed by atoms with E-state index in [0.717, 1.165) is 10.6 Å². The summed E-state index contributed by atoms with van der Waals surface area (Å²) in [6.07, 6.45) is 1.91. The maximum atomic E-state index is 12.6. The highest BCUT2D eigenvalue weighted by Gasteiger charge is 2.41. The van der Waals surface area contributed by atoms with Gasteiger partial charge in [-0.3, -0.25) is 14.0 Å². The lowest BCUT2D eigenvalue weighted by Crippen LogP contribution is -2.57. The zero-order valence-corrected chi connectivity index (χ0v) is 14.9. The highest BCUT2D eigenvalue weighted by molar-refractivity contribution is 7.99. The number of carboxylic acids is 1. The molecular formula is C15H17N3O4S2. The summed E-state index contributed by atoms with van der Waals surface area (Å²) in [6, 6.07) is 0. The van der Waals surface area contributed by atoms with Crippen molar-refractivity contribution in [1.29, 1.82) is 0 Å². The fraction of sp³-hybridized carbons (Fsp3) is 0.467. The molecule has 1 fully saturated rings. The number of carbonyl (C=O) groups excluding carboxylic acids is 1. The van der Waals surface area contributed by atoms with Crippen LogP contribution in [0.3, 0.4) is 0 Å². The Morgan fingerprint density at radius 1 is 1.33 bits per heavy atom. The molecule has 3 rings (SSSR count). The number of nitrogens with zero attached hydrogens (tertiary/aromatic N) is 2. The summed E-state index contributed by atoms with van der Waals surface area (Å²) in [5.74, 6) is -0.426. The highest BCUT2D eigenvalue weighted by atomic mass is 32.2. The van der Waals surface area contributed by atoms with Crippen molar-refractivity contribution >= 4 is 39.9 Å². The van der Waals surface area contributed by atoms with Crippen LogP contribution >= 0.6 is 23.1 Å². The van der Waals surface area contributed by atoms with Crippen molar-refractivity contribution in [2.75, 3.05) is 11.5 Å². The number of aliphatic carboxylic acids is 1. The lowest BCUT2D eigenvalue weighted by molar-refractivity contribution is -0.144. The van der Waals surface area contributed by atoms with Crippen LogP contribution in [0.25, 0.3) is 4.96 Å². The van der Waals surface area contributed by atoms with Gasteiger partial charge in [0.2, 0.25) is 0 Å². The fourth-order valence-electron chi connectivity index (χ4n) is 2.73. The number of carbonyl (C=O) groups is 2. The van der Waals surface area contributed by atoms with Crippen molar-refractivity contribution in [3.05, 3.63) is 32.7 Å². The van der Waals surface area contributed by atoms with Gasteiger partial charge in [-0.05, 0) is 38.2 Å². The summed E-state index contributed by atoms with van der Waals surface area (Å²) in [5, 5.41) is 12.1. The average Bonchev–Trinajstić information content (AvgIpc) is 2.83. The van der Waals surface area contributed by atoms with E-state index in [0.29, 0.717) is 29.3 Å². The molecule has 128 valence electrons. The molecule has 1 amide bonds. The Morgan fingerprint density at radius 2 is 2.00 bits per heavy atom. The van der Waals surface area contributed by atoms with Crippen LogP contribution in [-0.2, 0) is 4.79 Å². The van der Waals surface area contributed by atoms with Crippen molar-refractivity contribution in [3.8, 4) is 0 Å². The second-order valence-corrected chi connectivity index (χ2v) is 8.20. The summed E-state index contributed by atoms with van der Waals surface area (Å²) < 4.78 is 1.40. The van der Waals surface area contributed by atoms with E-state index in [1.807, 2.05) is 6.92 Å². The predicted molar refractivity (Wildman–Crippen MR) is 93.2 cm³/mol. The van der Waals surface area contributed by atoms with Crippen LogP contribution in [0.4, 0.5) is 0 Å². The molecule has 7 nitrogen and oxygen atoms in total. The number of fused-ring (bicyclic) bond motifs is 1. The Morgan fingerprint density at radius 3 is 2.62 bits per heavy atom. The van der Waals surface area contributed by atoms with Gasteiger partial charge in [0.25, 0.3) is 11.5 Å². The molecule has 3 heterocycles. The third kappa shape index (κ3) is 2.71. The van der Waals surface area contributed by atoms with Gasteiger partial charge < -0.3 is 10.4 Å². The van der Waals surface area contributed by atoms with Crippen LogP contribution < -0.4 is 10.9 Å². The molecule has 2 aromatic heterocycles. The quantitative estimate of drug-likeness (QED) is 0.852. The van der Waals surface area contributed by atoms with E-state index in [1.54, 1.807) is 18.7 Å². The minimum atomic E-state index is -1.31. The Bertz CT molecular complexity index is 881. The first kappa shape index (κ1) is 17.0. The Kier molecular flexibility index (Phi) is 4.39. The molecule has 0 unspecified atom stereocenters. The summed E-state index contributed by atoms with van der Waals surface area (Å²) in [4.78, 5) is 42.5. The third-order valence-corrected chi connectivity index (χ3v) is 6.43. The van der Waals surface area contributed by atoms with Gasteiger partial charge in [0.05, 0.1) is 0 Å². The first-order valence-electron chi connectivity index (χ1n) is 7.47. The number of carboxylic acid groups (broad SMARTS) is 1. The first-order chi connectivity index (χ1) is 11.4. The smallest absolute Gasteiger partial charge is 0.329 e. The second kappa shape index (κ2) is 6.21. The fourth-order valence-corrected chi connectivity index (χ4v) is 4.85. The molecule has 0 radical (unpaired) electrons. The summed E-state index contributed by atoms with van der Waals surface area (Å²) in [7, 11) is 0. The van der Waals surface area contributed by atoms with Gasteiger partial charge in [-0.25, -0.2) is 9.78 Å². The van der Waals surface area contributed by atoms with Crippen LogP contribution in [0.2, 0.25) is 0 Å². The second-order valence-electron chi connectivity index (χ2n) is 5.79. The Balaban J connectivity index is 1.99. The minimum Gasteiger partial charge on any atom is -0.480 e. The molecule has 2 aromatic rings. The van der Waals surface area contributed by atoms with Crippen LogP contribution in [0, 0.1) is 13.8 Å². The molecule has 2 N–H and O–H groups in total. The van der Waals surface area contributed by atoms with Gasteiger partial charge in [-0.1, -0.05) is 0 Å². The van der Waals surface area contributed by atoms with Crippen molar-refractivity contribution in [3.63, 3.8) is 0 Å². The molecule has 9 heteroatoms. The van der Waals surface area contributed by atoms with Crippen LogP contribution in [0.1, 0.15) is 33.8 Å². The number of hydrogen-bond donors (Lipinski definition) is 2. The standard InChI is InChI=1S/C15H17N3O4S2/c1-8-9(2)24-14-16-7-10(12(20)18(8)14)11(19)17-15(13(21)22)3-5-23-6-4-15/h7H,3-6H2,1-2H3,(H,17,19)(H,21,22). The van der Waals surface area contributed by atoms with Crippen molar-refractivity contribution in [2.24, 2.45) is 0 Å². The van der Waals surface area contributed by atoms with Crippen LogP contribution in [0.5, 0.6) is 0 Å². The van der Waals surface area contributed by atoms with Gasteiger partial charge in [0, 0.05) is 16.8 Å². The molecule has 0 aliphatic carbocycles. The number of thiazole rings is 1. The first-order valence-corrected chi connectivity index (χ1v) is 9.44. The van der Waals surface area contributed by atoms with E-state index in [2.05, 4.69) is 10.3 Å². The molecular weight excluding hydrogens is 350 g/mol. The largest absolute Gasteiger partial charge is 0.480 e. The van der Waals surface area contributed by atoms with E-state index < -0.39 is 23.0 Å². The molecule has 1 aliphatic heterocycles. The maximum Gasteiger partial charge on any atom is 0.329 e. The summed E-state index contributed by atoms with van der Waals surface area (Å²) in [5.41, 5.74) is -1.17. The van der Waals surface area contributed by atoms with Gasteiger partial charge in [-0.15, -0.1) is 11.3 Å². The Labute approximate surface area is 146 Å². The van der Waals surface area contributed by atoms with Crippen molar-refractivity contribution < 1.29 is 14.7 Å². The van der Waals surface area contributed by atoms with E-state index in [1.165, 1.54) is 21.9 Å². The van der Waals surface area contributed by atoms with Gasteiger partial charge in [0.1, 0.15) is 11.1 Å². The monoisotopic (exact) mass is 367 g/mol. The lowest BCUT2D eigenvalue weighted by Gasteiger charge is -2.33. The van der Waals surface area contributed by atoms with E-state index >= 15 is 0 Å². The number of thioether (sulfide) groups is 1. The Hall–Kier alpha value is -1.87. The molecule has 0 saturated carbocycles. The minimum absolute atomic E-state index is 0.132. The number of aryl methyl sites for hydroxylation is 2. The van der Waals surface area contributed by atoms with Gasteiger partial charge >= 0.3 is 5.97 Å². The number of nitrogens with one attached hydrogen (secondary N) is 1. The number of hydrogen-bond acceptors (Lipinski definition) is 6. The summed E-state index contributed by atoms with van der Waals surface area (Å²) >= 11 is 3.03. The van der Waals surface area contributed by atoms with Crippen molar-refractivity contribution in [2.45, 2.75) is 32.2 Å². The average molecular weight is 367 g/mol. The molecule has 1 saturated heterocycles. The lowest BCUT2D eigenvalue weighted by atomic mass is 9.92. The normalized spacial score (nSPS) is 16.9. The molecule has 1 aliphatic rings. The van der Waals surface area contributed by atoms with E-state index in [9.17, 15) is 19.5 Å². The topological polar surface area (TPSA) is 101 Å². The predicted octanol–water partition coefficient (Wildman–Crippen LogP) is 1.45. The number of amides is 1. The van der Waals surface area contributed by atoms with Gasteiger partial charge in [0.15, 0.2) is 4.96 Å². The molecule has 0 spiro atoms.